The first-order valence-electron chi connectivity index (χ1n) is 6.93. The minimum Gasteiger partial charge on any atom is -0.383 e. The lowest BCUT2D eigenvalue weighted by molar-refractivity contribution is 0.627. The second kappa shape index (κ2) is 5.55. The number of hydrogen-bond acceptors (Lipinski definition) is 5. The standard InChI is InChI=1S/C16H16FN5/c1-9-7-10(2)20-15-13(9)14(18)21-16(22-15)19-8-11-3-5-12(17)6-4-11/h3-7H,8H2,1-2H3,(H3,18,19,20,21,22). The van der Waals surface area contributed by atoms with Crippen LogP contribution in [0.2, 0.25) is 0 Å². The van der Waals surface area contributed by atoms with Crippen molar-refractivity contribution in [3.8, 4) is 0 Å². The molecule has 0 radical (unpaired) electrons. The fraction of sp³-hybridized carbons (Fsp3) is 0.188. The third-order valence-electron chi connectivity index (χ3n) is 3.38. The minimum absolute atomic E-state index is 0.259. The Hall–Kier alpha value is -2.76. The molecule has 2 aromatic heterocycles. The quantitative estimate of drug-likeness (QED) is 0.777. The smallest absolute Gasteiger partial charge is 0.226 e. The fourth-order valence-corrected chi connectivity index (χ4v) is 2.37. The summed E-state index contributed by atoms with van der Waals surface area (Å²) in [6.07, 6.45) is 0. The number of nitrogen functional groups attached to an aromatic ring is 1. The van der Waals surface area contributed by atoms with Gasteiger partial charge in [-0.3, -0.25) is 0 Å². The van der Waals surface area contributed by atoms with Crippen molar-refractivity contribution in [3.63, 3.8) is 0 Å². The maximum atomic E-state index is 12.9. The molecule has 0 atom stereocenters. The SMILES string of the molecule is Cc1cc(C)c2c(N)nc(NCc3ccc(F)cc3)nc2n1. The lowest BCUT2D eigenvalue weighted by atomic mass is 10.1. The average Bonchev–Trinajstić information content (AvgIpc) is 2.45. The Morgan fingerprint density at radius 1 is 1.09 bits per heavy atom. The monoisotopic (exact) mass is 297 g/mol. The van der Waals surface area contributed by atoms with Gasteiger partial charge in [0.25, 0.3) is 0 Å². The first-order valence-corrected chi connectivity index (χ1v) is 6.93. The number of benzene rings is 1. The Kier molecular flexibility index (Phi) is 3.58. The molecule has 0 unspecified atom stereocenters. The summed E-state index contributed by atoms with van der Waals surface area (Å²) in [4.78, 5) is 13.1. The predicted molar refractivity (Wildman–Crippen MR) is 84.9 cm³/mol. The van der Waals surface area contributed by atoms with E-state index in [9.17, 15) is 4.39 Å². The van der Waals surface area contributed by atoms with Gasteiger partial charge in [-0.2, -0.15) is 9.97 Å². The lowest BCUT2D eigenvalue weighted by Gasteiger charge is -2.09. The van der Waals surface area contributed by atoms with Crippen molar-refractivity contribution in [2.75, 3.05) is 11.1 Å². The molecule has 0 fully saturated rings. The van der Waals surface area contributed by atoms with E-state index < -0.39 is 0 Å². The number of fused-ring (bicyclic) bond motifs is 1. The molecule has 6 heteroatoms. The average molecular weight is 297 g/mol. The molecule has 3 aromatic rings. The van der Waals surface area contributed by atoms with Gasteiger partial charge in [-0.25, -0.2) is 9.37 Å². The van der Waals surface area contributed by atoms with Crippen LogP contribution in [0.4, 0.5) is 16.2 Å². The van der Waals surface area contributed by atoms with Crippen LogP contribution in [-0.2, 0) is 6.54 Å². The topological polar surface area (TPSA) is 76.7 Å². The molecule has 22 heavy (non-hydrogen) atoms. The highest BCUT2D eigenvalue weighted by molar-refractivity contribution is 5.89. The van der Waals surface area contributed by atoms with Crippen molar-refractivity contribution < 1.29 is 4.39 Å². The maximum Gasteiger partial charge on any atom is 0.226 e. The summed E-state index contributed by atoms with van der Waals surface area (Å²) in [7, 11) is 0. The molecule has 5 nitrogen and oxygen atoms in total. The number of anilines is 2. The molecular weight excluding hydrogens is 281 g/mol. The molecule has 3 N–H and O–H groups in total. The van der Waals surface area contributed by atoms with E-state index in [0.29, 0.717) is 24.0 Å². The number of halogens is 1. The van der Waals surface area contributed by atoms with Crippen LogP contribution in [0, 0.1) is 19.7 Å². The molecule has 112 valence electrons. The van der Waals surface area contributed by atoms with Crippen LogP contribution in [0.25, 0.3) is 11.0 Å². The number of hydrogen-bond donors (Lipinski definition) is 2. The summed E-state index contributed by atoms with van der Waals surface area (Å²) in [6, 6.07) is 8.20. The van der Waals surface area contributed by atoms with E-state index >= 15 is 0 Å². The summed E-state index contributed by atoms with van der Waals surface area (Å²) in [5, 5.41) is 3.86. The Morgan fingerprint density at radius 2 is 1.82 bits per heavy atom. The van der Waals surface area contributed by atoms with Gasteiger partial charge < -0.3 is 11.1 Å². The first kappa shape index (κ1) is 14.2. The Labute approximate surface area is 127 Å². The van der Waals surface area contributed by atoms with E-state index in [2.05, 4.69) is 20.3 Å². The second-order valence-corrected chi connectivity index (χ2v) is 5.19. The zero-order valence-corrected chi connectivity index (χ0v) is 12.4. The highest BCUT2D eigenvalue weighted by atomic mass is 19.1. The Bertz CT molecular complexity index is 830. The van der Waals surface area contributed by atoms with Crippen LogP contribution >= 0.6 is 0 Å². The molecule has 0 bridgehead atoms. The molecule has 0 spiro atoms. The van der Waals surface area contributed by atoms with Gasteiger partial charge in [0.1, 0.15) is 11.6 Å². The number of nitrogens with one attached hydrogen (secondary N) is 1. The van der Waals surface area contributed by atoms with Gasteiger partial charge >= 0.3 is 0 Å². The molecule has 3 rings (SSSR count). The van der Waals surface area contributed by atoms with Crippen LogP contribution in [-0.4, -0.2) is 15.0 Å². The Balaban J connectivity index is 1.89. The highest BCUT2D eigenvalue weighted by Gasteiger charge is 2.09. The molecule has 0 amide bonds. The first-order chi connectivity index (χ1) is 10.5. The van der Waals surface area contributed by atoms with Crippen LogP contribution in [0.5, 0.6) is 0 Å². The van der Waals surface area contributed by atoms with E-state index in [-0.39, 0.29) is 5.82 Å². The van der Waals surface area contributed by atoms with E-state index in [0.717, 1.165) is 22.2 Å². The van der Waals surface area contributed by atoms with Gasteiger partial charge in [0, 0.05) is 12.2 Å². The largest absolute Gasteiger partial charge is 0.383 e. The number of aryl methyl sites for hydroxylation is 2. The highest BCUT2D eigenvalue weighted by Crippen LogP contribution is 2.22. The van der Waals surface area contributed by atoms with Crippen molar-refractivity contribution in [2.45, 2.75) is 20.4 Å². The van der Waals surface area contributed by atoms with Gasteiger partial charge in [0.2, 0.25) is 5.95 Å². The zero-order chi connectivity index (χ0) is 15.7. The van der Waals surface area contributed by atoms with E-state index in [1.807, 2.05) is 19.9 Å². The van der Waals surface area contributed by atoms with Crippen molar-refractivity contribution >= 4 is 22.8 Å². The van der Waals surface area contributed by atoms with E-state index in [4.69, 9.17) is 5.73 Å². The third kappa shape index (κ3) is 2.81. The number of pyridine rings is 1. The molecule has 0 saturated heterocycles. The van der Waals surface area contributed by atoms with Gasteiger partial charge in [-0.05, 0) is 43.2 Å². The number of nitrogens with two attached hydrogens (primary N) is 1. The third-order valence-corrected chi connectivity index (χ3v) is 3.38. The minimum atomic E-state index is -0.259. The molecule has 2 heterocycles. The number of nitrogens with zero attached hydrogens (tertiary/aromatic N) is 3. The predicted octanol–water partition coefficient (Wildman–Crippen LogP) is 2.98. The summed E-state index contributed by atoms with van der Waals surface area (Å²) < 4.78 is 12.9. The van der Waals surface area contributed by atoms with Crippen molar-refractivity contribution in [3.05, 3.63) is 53.0 Å². The second-order valence-electron chi connectivity index (χ2n) is 5.19. The van der Waals surface area contributed by atoms with Crippen LogP contribution < -0.4 is 11.1 Å². The van der Waals surface area contributed by atoms with Crippen molar-refractivity contribution in [1.82, 2.24) is 15.0 Å². The molecule has 0 saturated carbocycles. The normalized spacial score (nSPS) is 10.9. The summed E-state index contributed by atoms with van der Waals surface area (Å²) >= 11 is 0. The zero-order valence-electron chi connectivity index (χ0n) is 12.4. The summed E-state index contributed by atoms with van der Waals surface area (Å²) in [6.45, 7) is 4.36. The van der Waals surface area contributed by atoms with E-state index in [1.165, 1.54) is 12.1 Å². The van der Waals surface area contributed by atoms with Crippen LogP contribution in [0.15, 0.2) is 30.3 Å². The van der Waals surface area contributed by atoms with Gasteiger partial charge in [-0.1, -0.05) is 12.1 Å². The van der Waals surface area contributed by atoms with Gasteiger partial charge in [0.05, 0.1) is 5.39 Å². The molecule has 0 aliphatic carbocycles. The number of aromatic nitrogens is 3. The van der Waals surface area contributed by atoms with Crippen LogP contribution in [0.3, 0.4) is 0 Å². The van der Waals surface area contributed by atoms with Crippen molar-refractivity contribution in [2.24, 2.45) is 0 Å². The maximum absolute atomic E-state index is 12.9. The summed E-state index contributed by atoms with van der Waals surface area (Å²) in [5.41, 5.74) is 9.41. The van der Waals surface area contributed by atoms with Gasteiger partial charge in [0.15, 0.2) is 5.65 Å². The molecular formula is C16H16FN5. The van der Waals surface area contributed by atoms with E-state index in [1.54, 1.807) is 12.1 Å². The number of rotatable bonds is 3. The van der Waals surface area contributed by atoms with Gasteiger partial charge in [-0.15, -0.1) is 0 Å². The van der Waals surface area contributed by atoms with Crippen LogP contribution in [0.1, 0.15) is 16.8 Å². The summed E-state index contributed by atoms with van der Waals surface area (Å²) in [5.74, 6) is 0.550. The Morgan fingerprint density at radius 3 is 2.55 bits per heavy atom. The molecule has 0 aliphatic rings. The molecule has 1 aromatic carbocycles. The molecule has 0 aliphatic heterocycles. The lowest BCUT2D eigenvalue weighted by Crippen LogP contribution is -2.07. The van der Waals surface area contributed by atoms with Crippen molar-refractivity contribution in [1.29, 1.82) is 0 Å². The fourth-order valence-electron chi connectivity index (χ4n) is 2.37.